The fourth-order valence-electron chi connectivity index (χ4n) is 2.78. The van der Waals surface area contributed by atoms with Crippen molar-refractivity contribution in [3.63, 3.8) is 0 Å². The molecule has 0 aromatic rings. The Morgan fingerprint density at radius 3 is 2.46 bits per heavy atom. The highest BCUT2D eigenvalue weighted by Crippen LogP contribution is 2.15. The molecule has 152 valence electrons. The van der Waals surface area contributed by atoms with Gasteiger partial charge in [-0.1, -0.05) is 6.92 Å². The monoisotopic (exact) mass is 369 g/mol. The Kier molecular flexibility index (Phi) is 12.1. The minimum absolute atomic E-state index is 0.00264. The van der Waals surface area contributed by atoms with E-state index in [1.165, 1.54) is 25.9 Å². The lowest BCUT2D eigenvalue weighted by Gasteiger charge is -2.30. The molecular weight excluding hydrogens is 330 g/mol. The first-order chi connectivity index (χ1) is 12.5. The molecule has 0 aromatic carbocycles. The number of nitrogens with one attached hydrogen (secondary N) is 2. The van der Waals surface area contributed by atoms with Crippen molar-refractivity contribution in [3.8, 4) is 0 Å². The van der Waals surface area contributed by atoms with E-state index in [0.29, 0.717) is 5.96 Å². The SMILES string of the molecule is CCOCCCNC(=NCC(=O)N(C)C)NCCCN1CCC(C)CC1. The molecule has 7 heteroatoms. The molecule has 7 nitrogen and oxygen atoms in total. The second-order valence-electron chi connectivity index (χ2n) is 7.23. The van der Waals surface area contributed by atoms with E-state index in [-0.39, 0.29) is 12.5 Å². The van der Waals surface area contributed by atoms with Crippen LogP contribution in [0.5, 0.6) is 0 Å². The molecule has 0 unspecified atom stereocenters. The third kappa shape index (κ3) is 10.6. The lowest BCUT2D eigenvalue weighted by atomic mass is 9.99. The summed E-state index contributed by atoms with van der Waals surface area (Å²) < 4.78 is 5.35. The van der Waals surface area contributed by atoms with E-state index >= 15 is 0 Å². The zero-order valence-electron chi connectivity index (χ0n) is 17.2. The van der Waals surface area contributed by atoms with Crippen LogP contribution < -0.4 is 10.6 Å². The summed E-state index contributed by atoms with van der Waals surface area (Å²) >= 11 is 0. The van der Waals surface area contributed by atoms with Crippen molar-refractivity contribution in [3.05, 3.63) is 0 Å². The van der Waals surface area contributed by atoms with E-state index in [4.69, 9.17) is 4.74 Å². The van der Waals surface area contributed by atoms with Gasteiger partial charge in [-0.3, -0.25) is 4.79 Å². The maximum absolute atomic E-state index is 11.8. The van der Waals surface area contributed by atoms with Gasteiger partial charge in [0.1, 0.15) is 6.54 Å². The van der Waals surface area contributed by atoms with Gasteiger partial charge >= 0.3 is 0 Å². The van der Waals surface area contributed by atoms with Gasteiger partial charge in [0.25, 0.3) is 0 Å². The lowest BCUT2D eigenvalue weighted by molar-refractivity contribution is -0.127. The first-order valence-electron chi connectivity index (χ1n) is 10.0. The number of nitrogens with zero attached hydrogens (tertiary/aromatic N) is 3. The second kappa shape index (κ2) is 13.8. The lowest BCUT2D eigenvalue weighted by Crippen LogP contribution is -2.41. The average molecular weight is 370 g/mol. The summed E-state index contributed by atoms with van der Waals surface area (Å²) in [6.45, 7) is 11.2. The molecule has 2 N–H and O–H groups in total. The van der Waals surface area contributed by atoms with Gasteiger partial charge in [0.15, 0.2) is 5.96 Å². The predicted octanol–water partition coefficient (Wildman–Crippen LogP) is 1.16. The van der Waals surface area contributed by atoms with Gasteiger partial charge in [-0.15, -0.1) is 0 Å². The molecule has 0 bridgehead atoms. The number of aliphatic imine (C=N–C) groups is 1. The van der Waals surface area contributed by atoms with Crippen molar-refractivity contribution in [1.29, 1.82) is 0 Å². The number of hydrogen-bond acceptors (Lipinski definition) is 4. The number of amides is 1. The van der Waals surface area contributed by atoms with Gasteiger partial charge in [-0.25, -0.2) is 4.99 Å². The molecule has 0 radical (unpaired) electrons. The minimum Gasteiger partial charge on any atom is -0.382 e. The Labute approximate surface area is 159 Å². The summed E-state index contributed by atoms with van der Waals surface area (Å²) in [6.07, 6.45) is 4.63. The van der Waals surface area contributed by atoms with Crippen LogP contribution in [0.4, 0.5) is 0 Å². The third-order valence-corrected chi connectivity index (χ3v) is 4.65. The Bertz CT molecular complexity index is 407. The molecule has 0 aromatic heterocycles. The molecule has 0 spiro atoms. The van der Waals surface area contributed by atoms with Crippen LogP contribution in [-0.4, -0.2) is 88.2 Å². The molecule has 0 saturated carbocycles. The van der Waals surface area contributed by atoms with Gasteiger partial charge in [0.2, 0.25) is 5.91 Å². The molecule has 1 amide bonds. The summed E-state index contributed by atoms with van der Waals surface area (Å²) in [4.78, 5) is 20.3. The van der Waals surface area contributed by atoms with Crippen molar-refractivity contribution < 1.29 is 9.53 Å². The van der Waals surface area contributed by atoms with Crippen molar-refractivity contribution in [2.75, 3.05) is 66.6 Å². The number of ether oxygens (including phenoxy) is 1. The fraction of sp³-hybridized carbons (Fsp3) is 0.895. The van der Waals surface area contributed by atoms with Gasteiger partial charge in [0.05, 0.1) is 0 Å². The number of piperidine rings is 1. The highest BCUT2D eigenvalue weighted by Gasteiger charge is 2.14. The summed E-state index contributed by atoms with van der Waals surface area (Å²) in [6, 6.07) is 0. The molecule has 0 atom stereocenters. The molecular formula is C19H39N5O2. The number of carbonyl (C=O) groups is 1. The molecule has 1 saturated heterocycles. The maximum atomic E-state index is 11.8. The van der Waals surface area contributed by atoms with E-state index in [0.717, 1.165) is 51.6 Å². The summed E-state index contributed by atoms with van der Waals surface area (Å²) in [5.41, 5.74) is 0. The van der Waals surface area contributed by atoms with E-state index in [2.05, 4.69) is 27.4 Å². The van der Waals surface area contributed by atoms with E-state index in [1.54, 1.807) is 19.0 Å². The van der Waals surface area contributed by atoms with Crippen LogP contribution in [0.15, 0.2) is 4.99 Å². The van der Waals surface area contributed by atoms with Gasteiger partial charge in [-0.2, -0.15) is 0 Å². The van der Waals surface area contributed by atoms with Gasteiger partial charge < -0.3 is 25.2 Å². The Balaban J connectivity index is 2.30. The number of hydrogen-bond donors (Lipinski definition) is 2. The number of likely N-dealkylation sites (N-methyl/N-ethyl adjacent to an activating group) is 1. The Hall–Kier alpha value is -1.34. The molecule has 0 aliphatic carbocycles. The molecule has 1 aliphatic heterocycles. The quantitative estimate of drug-likeness (QED) is 0.325. The summed E-state index contributed by atoms with van der Waals surface area (Å²) in [5.74, 6) is 1.59. The molecule has 1 heterocycles. The molecule has 1 fully saturated rings. The largest absolute Gasteiger partial charge is 0.382 e. The molecule has 1 aliphatic rings. The topological polar surface area (TPSA) is 69.2 Å². The van der Waals surface area contributed by atoms with Crippen molar-refractivity contribution in [2.24, 2.45) is 10.9 Å². The normalized spacial score (nSPS) is 16.5. The van der Waals surface area contributed by atoms with Crippen LogP contribution in [0.2, 0.25) is 0 Å². The smallest absolute Gasteiger partial charge is 0.243 e. The maximum Gasteiger partial charge on any atom is 0.243 e. The summed E-state index contributed by atoms with van der Waals surface area (Å²) in [7, 11) is 3.50. The predicted molar refractivity (Wildman–Crippen MR) is 108 cm³/mol. The van der Waals surface area contributed by atoms with Crippen LogP contribution >= 0.6 is 0 Å². The molecule has 26 heavy (non-hydrogen) atoms. The summed E-state index contributed by atoms with van der Waals surface area (Å²) in [5, 5.41) is 6.65. The van der Waals surface area contributed by atoms with Crippen molar-refractivity contribution in [1.82, 2.24) is 20.4 Å². The van der Waals surface area contributed by atoms with Crippen LogP contribution in [0.3, 0.4) is 0 Å². The van der Waals surface area contributed by atoms with Crippen LogP contribution in [-0.2, 0) is 9.53 Å². The number of rotatable bonds is 11. The standard InChI is InChI=1S/C19H39N5O2/c1-5-26-15-7-11-21-19(22-16-18(25)23(3)4)20-10-6-12-24-13-8-17(2)9-14-24/h17H,5-16H2,1-4H3,(H2,20,21,22). The van der Waals surface area contributed by atoms with Gasteiger partial charge in [0, 0.05) is 40.4 Å². The number of carbonyl (C=O) groups excluding carboxylic acids is 1. The van der Waals surface area contributed by atoms with Crippen LogP contribution in [0, 0.1) is 5.92 Å². The second-order valence-corrected chi connectivity index (χ2v) is 7.23. The van der Waals surface area contributed by atoms with E-state index in [9.17, 15) is 4.79 Å². The van der Waals surface area contributed by atoms with E-state index in [1.807, 2.05) is 6.92 Å². The van der Waals surface area contributed by atoms with Crippen LogP contribution in [0.1, 0.15) is 39.5 Å². The van der Waals surface area contributed by atoms with E-state index < -0.39 is 0 Å². The van der Waals surface area contributed by atoms with Crippen molar-refractivity contribution in [2.45, 2.75) is 39.5 Å². The number of likely N-dealkylation sites (tertiary alicyclic amines) is 1. The first kappa shape index (κ1) is 22.7. The fourth-order valence-corrected chi connectivity index (χ4v) is 2.78. The first-order valence-corrected chi connectivity index (χ1v) is 10.0. The highest BCUT2D eigenvalue weighted by atomic mass is 16.5. The zero-order chi connectivity index (χ0) is 19.2. The van der Waals surface area contributed by atoms with Gasteiger partial charge in [-0.05, 0) is 58.2 Å². The van der Waals surface area contributed by atoms with Crippen LogP contribution in [0.25, 0.3) is 0 Å². The Morgan fingerprint density at radius 2 is 1.85 bits per heavy atom. The van der Waals surface area contributed by atoms with Crippen molar-refractivity contribution >= 4 is 11.9 Å². The number of guanidine groups is 1. The zero-order valence-corrected chi connectivity index (χ0v) is 17.2. The molecule has 1 rings (SSSR count). The average Bonchev–Trinajstić information content (AvgIpc) is 2.63. The minimum atomic E-state index is 0.00264. The highest BCUT2D eigenvalue weighted by molar-refractivity contribution is 5.84. The third-order valence-electron chi connectivity index (χ3n) is 4.65. The Morgan fingerprint density at radius 1 is 1.19 bits per heavy atom.